The van der Waals surface area contributed by atoms with Crippen LogP contribution in [0.4, 0.5) is 0 Å². The molecule has 0 bridgehead atoms. The lowest BCUT2D eigenvalue weighted by molar-refractivity contribution is 0.00580. The van der Waals surface area contributed by atoms with Crippen LogP contribution in [-0.4, -0.2) is 21.5 Å². The first-order valence-electron chi connectivity index (χ1n) is 6.77. The van der Waals surface area contributed by atoms with Crippen LogP contribution in [-0.2, 0) is 11.3 Å². The van der Waals surface area contributed by atoms with Gasteiger partial charge in [0, 0.05) is 0 Å². The Balaban J connectivity index is 2.21. The van der Waals surface area contributed by atoms with Gasteiger partial charge < -0.3 is 9.47 Å². The maximum Gasteiger partial charge on any atom is 0.361 e. The molecule has 0 saturated heterocycles. The van der Waals surface area contributed by atoms with E-state index in [1.54, 1.807) is 20.8 Å². The van der Waals surface area contributed by atoms with Gasteiger partial charge >= 0.3 is 5.97 Å². The molecule has 0 fully saturated rings. The van der Waals surface area contributed by atoms with Gasteiger partial charge in [0.25, 0.3) is 0 Å². The van der Waals surface area contributed by atoms with Crippen molar-refractivity contribution in [3.63, 3.8) is 0 Å². The predicted molar refractivity (Wildman–Crippen MR) is 83.0 cm³/mol. The first-order valence-corrected chi connectivity index (χ1v) is 7.15. The van der Waals surface area contributed by atoms with Crippen molar-refractivity contribution in [3.8, 4) is 5.75 Å². The number of aromatic nitrogens is 2. The fraction of sp³-hybridized carbons (Fsp3) is 0.312. The van der Waals surface area contributed by atoms with Gasteiger partial charge in [-0.2, -0.15) is 0 Å². The predicted octanol–water partition coefficient (Wildman–Crippen LogP) is 3.66. The highest BCUT2D eigenvalue weighted by atomic mass is 35.5. The minimum Gasteiger partial charge on any atom is -0.483 e. The summed E-state index contributed by atoms with van der Waals surface area (Å²) in [4.78, 5) is 20.0. The van der Waals surface area contributed by atoms with E-state index in [2.05, 4.69) is 9.97 Å². The second-order valence-electron chi connectivity index (χ2n) is 5.62. The Bertz CT molecular complexity index is 654. The maximum absolute atomic E-state index is 12.2. The van der Waals surface area contributed by atoms with E-state index in [-0.39, 0.29) is 23.2 Å². The molecule has 0 saturated carbocycles. The number of rotatable bonds is 4. The van der Waals surface area contributed by atoms with Gasteiger partial charge in [0.05, 0.1) is 0 Å². The number of ether oxygens (including phenoxy) is 2. The van der Waals surface area contributed by atoms with Crippen LogP contribution in [0.2, 0.25) is 5.15 Å². The Morgan fingerprint density at radius 3 is 2.50 bits per heavy atom. The number of halogens is 1. The molecule has 0 unspecified atom stereocenters. The van der Waals surface area contributed by atoms with Crippen LogP contribution in [0.1, 0.15) is 36.8 Å². The molecule has 0 N–H and O–H groups in total. The number of hydrogen-bond donors (Lipinski definition) is 0. The average Bonchev–Trinajstić information content (AvgIpc) is 2.45. The first-order chi connectivity index (χ1) is 10.4. The zero-order chi connectivity index (χ0) is 16.2. The van der Waals surface area contributed by atoms with Crippen LogP contribution in [0.5, 0.6) is 5.75 Å². The molecule has 6 heteroatoms. The van der Waals surface area contributed by atoms with E-state index in [0.29, 0.717) is 0 Å². The summed E-state index contributed by atoms with van der Waals surface area (Å²) in [7, 11) is 0. The number of nitrogens with zero attached hydrogens (tertiary/aromatic N) is 2. The molecule has 0 radical (unpaired) electrons. The molecule has 0 aliphatic rings. The van der Waals surface area contributed by atoms with E-state index < -0.39 is 11.6 Å². The standard InChI is InChI=1S/C16H17ClN2O3/c1-16(2,3)22-15(20)12-13(14(17)19-10-18-12)21-9-11-7-5-4-6-8-11/h4-8,10H,9H2,1-3H3. The topological polar surface area (TPSA) is 61.3 Å². The molecule has 0 aliphatic heterocycles. The third-order valence-corrected chi connectivity index (χ3v) is 2.85. The smallest absolute Gasteiger partial charge is 0.361 e. The molecule has 2 rings (SSSR count). The van der Waals surface area contributed by atoms with Crippen LogP contribution in [0.3, 0.4) is 0 Å². The van der Waals surface area contributed by atoms with Crippen LogP contribution in [0.25, 0.3) is 0 Å². The zero-order valence-corrected chi connectivity index (χ0v) is 13.4. The van der Waals surface area contributed by atoms with Crippen LogP contribution in [0.15, 0.2) is 36.7 Å². The Hall–Kier alpha value is -2.14. The van der Waals surface area contributed by atoms with Gasteiger partial charge in [0.2, 0.25) is 0 Å². The van der Waals surface area contributed by atoms with Crippen molar-refractivity contribution in [2.45, 2.75) is 33.0 Å². The van der Waals surface area contributed by atoms with Crippen molar-refractivity contribution >= 4 is 17.6 Å². The van der Waals surface area contributed by atoms with E-state index in [1.807, 2.05) is 30.3 Å². The Kier molecular flexibility index (Phi) is 4.98. The lowest BCUT2D eigenvalue weighted by Gasteiger charge is -2.20. The largest absolute Gasteiger partial charge is 0.483 e. The summed E-state index contributed by atoms with van der Waals surface area (Å²) in [6, 6.07) is 9.52. The summed E-state index contributed by atoms with van der Waals surface area (Å²) < 4.78 is 10.9. The number of esters is 1. The van der Waals surface area contributed by atoms with E-state index >= 15 is 0 Å². The minimum atomic E-state index is -0.634. The average molecular weight is 321 g/mol. The monoisotopic (exact) mass is 320 g/mol. The van der Waals surface area contributed by atoms with Gasteiger partial charge in [0.1, 0.15) is 18.5 Å². The van der Waals surface area contributed by atoms with Gasteiger partial charge in [0.15, 0.2) is 16.6 Å². The summed E-state index contributed by atoms with van der Waals surface area (Å²) in [6.45, 7) is 5.58. The Morgan fingerprint density at radius 1 is 1.18 bits per heavy atom. The van der Waals surface area contributed by atoms with Crippen molar-refractivity contribution in [2.24, 2.45) is 0 Å². The molecule has 116 valence electrons. The number of benzene rings is 1. The van der Waals surface area contributed by atoms with Crippen molar-refractivity contribution in [3.05, 3.63) is 53.1 Å². The molecule has 22 heavy (non-hydrogen) atoms. The van der Waals surface area contributed by atoms with Gasteiger partial charge in [-0.15, -0.1) is 0 Å². The summed E-state index contributed by atoms with van der Waals surface area (Å²) in [5.74, 6) is -0.470. The number of carbonyl (C=O) groups excluding carboxylic acids is 1. The van der Waals surface area contributed by atoms with Crippen molar-refractivity contribution in [1.29, 1.82) is 0 Å². The normalized spacial score (nSPS) is 11.1. The number of carbonyl (C=O) groups is 1. The van der Waals surface area contributed by atoms with Gasteiger partial charge in [-0.3, -0.25) is 0 Å². The Labute approximate surface area is 134 Å². The molecule has 0 aliphatic carbocycles. The molecule has 0 spiro atoms. The molecule has 1 aromatic heterocycles. The lowest BCUT2D eigenvalue weighted by atomic mass is 10.2. The van der Waals surface area contributed by atoms with Gasteiger partial charge in [-0.1, -0.05) is 41.9 Å². The second kappa shape index (κ2) is 6.75. The summed E-state index contributed by atoms with van der Waals surface area (Å²) >= 11 is 6.03. The Morgan fingerprint density at radius 2 is 1.86 bits per heavy atom. The van der Waals surface area contributed by atoms with Gasteiger partial charge in [-0.25, -0.2) is 14.8 Å². The lowest BCUT2D eigenvalue weighted by Crippen LogP contribution is -2.25. The molecular weight excluding hydrogens is 304 g/mol. The molecule has 5 nitrogen and oxygen atoms in total. The highest BCUT2D eigenvalue weighted by Crippen LogP contribution is 2.27. The highest BCUT2D eigenvalue weighted by Gasteiger charge is 2.24. The quantitative estimate of drug-likeness (QED) is 0.635. The maximum atomic E-state index is 12.2. The van der Waals surface area contributed by atoms with E-state index in [9.17, 15) is 4.79 Å². The summed E-state index contributed by atoms with van der Waals surface area (Å²) in [6.07, 6.45) is 1.21. The third kappa shape index (κ3) is 4.43. The third-order valence-electron chi connectivity index (χ3n) is 2.58. The molecule has 0 amide bonds. The second-order valence-corrected chi connectivity index (χ2v) is 5.98. The van der Waals surface area contributed by atoms with Crippen LogP contribution < -0.4 is 4.74 Å². The van der Waals surface area contributed by atoms with Crippen LogP contribution >= 0.6 is 11.6 Å². The van der Waals surface area contributed by atoms with Crippen molar-refractivity contribution < 1.29 is 14.3 Å². The molecule has 2 aromatic rings. The minimum absolute atomic E-state index is 0.0193. The van der Waals surface area contributed by atoms with Crippen LogP contribution in [0, 0.1) is 0 Å². The van der Waals surface area contributed by atoms with E-state index in [1.165, 1.54) is 6.33 Å². The summed E-state index contributed by atoms with van der Waals surface area (Å²) in [5.41, 5.74) is 0.328. The highest BCUT2D eigenvalue weighted by molar-refractivity contribution is 6.31. The summed E-state index contributed by atoms with van der Waals surface area (Å²) in [5, 5.41) is 0.0757. The fourth-order valence-electron chi connectivity index (χ4n) is 1.68. The molecule has 1 aromatic carbocycles. The van der Waals surface area contributed by atoms with E-state index in [0.717, 1.165) is 5.56 Å². The van der Waals surface area contributed by atoms with E-state index in [4.69, 9.17) is 21.1 Å². The SMILES string of the molecule is CC(C)(C)OC(=O)c1ncnc(Cl)c1OCc1ccccc1. The van der Waals surface area contributed by atoms with Crippen molar-refractivity contribution in [1.82, 2.24) is 9.97 Å². The number of hydrogen-bond acceptors (Lipinski definition) is 5. The van der Waals surface area contributed by atoms with Crippen molar-refractivity contribution in [2.75, 3.05) is 0 Å². The van der Waals surface area contributed by atoms with Gasteiger partial charge in [-0.05, 0) is 26.3 Å². The molecule has 0 atom stereocenters. The first kappa shape index (κ1) is 16.2. The zero-order valence-electron chi connectivity index (χ0n) is 12.7. The molecular formula is C16H17ClN2O3. The molecule has 1 heterocycles. The fourth-order valence-corrected chi connectivity index (χ4v) is 1.87.